The molecule has 9 nitrogen and oxygen atoms in total. The number of likely N-dealkylation sites (tertiary alicyclic amines) is 1. The number of ether oxygens (including phenoxy) is 2. The highest BCUT2D eigenvalue weighted by molar-refractivity contribution is 5.87. The Hall–Kier alpha value is -4.16. The Balaban J connectivity index is 1.32. The van der Waals surface area contributed by atoms with E-state index in [0.29, 0.717) is 54.7 Å². The molecule has 1 fully saturated rings. The number of hydrogen-bond donors (Lipinski definition) is 2. The number of carbonyl (C=O) groups excluding carboxylic acids is 1. The van der Waals surface area contributed by atoms with E-state index in [2.05, 4.69) is 15.6 Å². The van der Waals surface area contributed by atoms with Crippen LogP contribution in [0.4, 0.5) is 30.6 Å². The number of imidazole rings is 1. The molecular formula is C29H31F3N6O3. The number of aryl methyl sites for hydroxylation is 1. The molecule has 0 atom stereocenters. The van der Waals surface area contributed by atoms with Crippen LogP contribution in [0.5, 0.6) is 11.5 Å². The van der Waals surface area contributed by atoms with Crippen LogP contribution in [0.15, 0.2) is 60.8 Å². The SMILES string of the molecule is COC1(c2cccc(Nc3nc4cc(Oc5ccnc(NC(C)=O)c5)ccc4n3C)c2)CCN(CC(F)(F)F)CC1. The second-order valence-corrected chi connectivity index (χ2v) is 10.1. The molecule has 0 spiro atoms. The van der Waals surface area contributed by atoms with Crippen LogP contribution in [0.25, 0.3) is 11.0 Å². The molecule has 1 aliphatic heterocycles. The minimum Gasteiger partial charge on any atom is -0.457 e. The summed E-state index contributed by atoms with van der Waals surface area (Å²) in [6.07, 6.45) is -1.74. The monoisotopic (exact) mass is 568 g/mol. The molecular weight excluding hydrogens is 537 g/mol. The summed E-state index contributed by atoms with van der Waals surface area (Å²) in [5.74, 6) is 1.87. The lowest BCUT2D eigenvalue weighted by atomic mass is 9.84. The van der Waals surface area contributed by atoms with Gasteiger partial charge in [0, 0.05) is 58.2 Å². The van der Waals surface area contributed by atoms with Gasteiger partial charge in [0.25, 0.3) is 0 Å². The number of piperidine rings is 1. The maximum atomic E-state index is 12.9. The fourth-order valence-corrected chi connectivity index (χ4v) is 5.16. The van der Waals surface area contributed by atoms with Gasteiger partial charge < -0.3 is 24.7 Å². The summed E-state index contributed by atoms with van der Waals surface area (Å²) >= 11 is 0. The van der Waals surface area contributed by atoms with Gasteiger partial charge in [-0.3, -0.25) is 9.69 Å². The molecule has 1 amide bonds. The molecule has 1 saturated heterocycles. The summed E-state index contributed by atoms with van der Waals surface area (Å²) in [7, 11) is 3.51. The lowest BCUT2D eigenvalue weighted by molar-refractivity contribution is -0.157. The van der Waals surface area contributed by atoms with E-state index >= 15 is 0 Å². The first-order valence-corrected chi connectivity index (χ1v) is 13.1. The molecule has 2 N–H and O–H groups in total. The third kappa shape index (κ3) is 6.60. The van der Waals surface area contributed by atoms with E-state index in [9.17, 15) is 18.0 Å². The zero-order valence-electron chi connectivity index (χ0n) is 23.0. The maximum absolute atomic E-state index is 12.9. The highest BCUT2D eigenvalue weighted by Gasteiger charge is 2.39. The van der Waals surface area contributed by atoms with E-state index in [1.54, 1.807) is 25.4 Å². The zero-order valence-corrected chi connectivity index (χ0v) is 23.0. The van der Waals surface area contributed by atoms with Crippen molar-refractivity contribution in [1.29, 1.82) is 0 Å². The maximum Gasteiger partial charge on any atom is 0.401 e. The van der Waals surface area contributed by atoms with Crippen molar-refractivity contribution in [3.8, 4) is 11.5 Å². The molecule has 0 unspecified atom stereocenters. The zero-order chi connectivity index (χ0) is 29.2. The third-order valence-electron chi connectivity index (χ3n) is 7.23. The molecule has 0 aliphatic carbocycles. The molecule has 0 radical (unpaired) electrons. The average Bonchev–Trinajstić information content (AvgIpc) is 3.22. The van der Waals surface area contributed by atoms with Gasteiger partial charge >= 0.3 is 6.18 Å². The number of hydrogen-bond acceptors (Lipinski definition) is 7. The van der Waals surface area contributed by atoms with Crippen LogP contribution in [-0.4, -0.2) is 58.3 Å². The Bertz CT molecular complexity index is 1550. The number of methoxy groups -OCH3 is 1. The number of alkyl halides is 3. The first-order valence-electron chi connectivity index (χ1n) is 13.1. The standard InChI is InChI=1S/C29H31F3N6O3/c1-19(39)34-26-17-23(9-12-33-26)41-22-7-8-25-24(16-22)36-27(37(25)2)35-21-6-4-5-20(15-21)28(40-3)10-13-38(14-11-28)18-29(30,31)32/h4-9,12,15-17H,10-11,13-14,18H2,1-3H3,(H,35,36)(H,33,34,39). The Morgan fingerprint density at radius 3 is 2.54 bits per heavy atom. The number of amides is 1. The van der Waals surface area contributed by atoms with E-state index in [4.69, 9.17) is 14.5 Å². The summed E-state index contributed by atoms with van der Waals surface area (Å²) in [6, 6.07) is 16.6. The van der Waals surface area contributed by atoms with Gasteiger partial charge in [0.05, 0.1) is 23.2 Å². The molecule has 4 aromatic rings. The minimum absolute atomic E-state index is 0.223. The van der Waals surface area contributed by atoms with E-state index in [0.717, 1.165) is 16.8 Å². The van der Waals surface area contributed by atoms with Gasteiger partial charge in [0.1, 0.15) is 17.3 Å². The Labute approximate surface area is 235 Å². The fraction of sp³-hybridized carbons (Fsp3) is 0.345. The molecule has 1 aliphatic rings. The molecule has 12 heteroatoms. The average molecular weight is 569 g/mol. The van der Waals surface area contributed by atoms with Gasteiger partial charge in [-0.05, 0) is 48.7 Å². The van der Waals surface area contributed by atoms with Gasteiger partial charge in [0.15, 0.2) is 0 Å². The predicted octanol–water partition coefficient (Wildman–Crippen LogP) is 5.96. The first kappa shape index (κ1) is 28.4. The van der Waals surface area contributed by atoms with Crippen LogP contribution in [0.1, 0.15) is 25.3 Å². The number of fused-ring (bicyclic) bond motifs is 1. The van der Waals surface area contributed by atoms with Gasteiger partial charge in [0.2, 0.25) is 11.9 Å². The number of aromatic nitrogens is 3. The van der Waals surface area contributed by atoms with Gasteiger partial charge in [-0.25, -0.2) is 9.97 Å². The predicted molar refractivity (Wildman–Crippen MR) is 149 cm³/mol. The van der Waals surface area contributed by atoms with Crippen LogP contribution in [0.3, 0.4) is 0 Å². The Kier molecular flexibility index (Phi) is 7.87. The quantitative estimate of drug-likeness (QED) is 0.271. The summed E-state index contributed by atoms with van der Waals surface area (Å²) in [4.78, 5) is 21.6. The molecule has 216 valence electrons. The normalized spacial score (nSPS) is 15.6. The van der Waals surface area contributed by atoms with Crippen molar-refractivity contribution in [2.24, 2.45) is 7.05 Å². The van der Waals surface area contributed by atoms with Crippen molar-refractivity contribution >= 4 is 34.4 Å². The van der Waals surface area contributed by atoms with Crippen LogP contribution in [-0.2, 0) is 22.2 Å². The molecule has 0 saturated carbocycles. The van der Waals surface area contributed by atoms with Gasteiger partial charge in [-0.2, -0.15) is 13.2 Å². The second-order valence-electron chi connectivity index (χ2n) is 10.1. The molecule has 2 aromatic carbocycles. The molecule has 41 heavy (non-hydrogen) atoms. The van der Waals surface area contributed by atoms with Crippen LogP contribution in [0.2, 0.25) is 0 Å². The topological polar surface area (TPSA) is 93.5 Å². The van der Waals surface area contributed by atoms with Crippen molar-refractivity contribution in [3.63, 3.8) is 0 Å². The number of benzene rings is 2. The number of pyridine rings is 1. The number of nitrogens with one attached hydrogen (secondary N) is 2. The molecule has 3 heterocycles. The molecule has 2 aromatic heterocycles. The molecule has 5 rings (SSSR count). The Morgan fingerprint density at radius 2 is 1.83 bits per heavy atom. The van der Waals surface area contributed by atoms with Crippen molar-refractivity contribution < 1.29 is 27.4 Å². The number of halogens is 3. The minimum atomic E-state index is -4.22. The summed E-state index contributed by atoms with van der Waals surface area (Å²) in [5.41, 5.74) is 2.63. The summed E-state index contributed by atoms with van der Waals surface area (Å²) in [6.45, 7) is 1.10. The first-order chi connectivity index (χ1) is 19.5. The fourth-order valence-electron chi connectivity index (χ4n) is 5.16. The number of nitrogens with zero attached hydrogens (tertiary/aromatic N) is 4. The van der Waals surface area contributed by atoms with Crippen LogP contribution < -0.4 is 15.4 Å². The van der Waals surface area contributed by atoms with E-state index < -0.39 is 18.3 Å². The van der Waals surface area contributed by atoms with E-state index in [1.807, 2.05) is 54.1 Å². The number of carbonyl (C=O) groups is 1. The highest BCUT2D eigenvalue weighted by atomic mass is 19.4. The van der Waals surface area contributed by atoms with Crippen molar-refractivity contribution in [2.45, 2.75) is 31.5 Å². The summed E-state index contributed by atoms with van der Waals surface area (Å²) in [5, 5.41) is 6.00. The smallest absolute Gasteiger partial charge is 0.401 e. The Morgan fingerprint density at radius 1 is 1.07 bits per heavy atom. The second kappa shape index (κ2) is 11.4. The van der Waals surface area contributed by atoms with Crippen molar-refractivity contribution in [3.05, 3.63) is 66.4 Å². The number of anilines is 3. The van der Waals surface area contributed by atoms with Gasteiger partial charge in [-0.15, -0.1) is 0 Å². The van der Waals surface area contributed by atoms with Crippen LogP contribution in [0, 0.1) is 0 Å². The van der Waals surface area contributed by atoms with Crippen LogP contribution >= 0.6 is 0 Å². The summed E-state index contributed by atoms with van der Waals surface area (Å²) < 4.78 is 52.4. The van der Waals surface area contributed by atoms with Crippen molar-refractivity contribution in [1.82, 2.24) is 19.4 Å². The van der Waals surface area contributed by atoms with Crippen molar-refractivity contribution in [2.75, 3.05) is 37.4 Å². The van der Waals surface area contributed by atoms with Gasteiger partial charge in [-0.1, -0.05) is 12.1 Å². The lowest BCUT2D eigenvalue weighted by Gasteiger charge is -2.41. The van der Waals surface area contributed by atoms with E-state index in [1.165, 1.54) is 11.8 Å². The lowest BCUT2D eigenvalue weighted by Crippen LogP contribution is -2.46. The third-order valence-corrected chi connectivity index (χ3v) is 7.23. The highest BCUT2D eigenvalue weighted by Crippen LogP contribution is 2.38. The van der Waals surface area contributed by atoms with E-state index in [-0.39, 0.29) is 5.91 Å². The largest absolute Gasteiger partial charge is 0.457 e. The molecule has 0 bridgehead atoms. The number of rotatable bonds is 8.